The van der Waals surface area contributed by atoms with Gasteiger partial charge in [-0.1, -0.05) is 32.0 Å². The van der Waals surface area contributed by atoms with Crippen LogP contribution in [0.3, 0.4) is 0 Å². The van der Waals surface area contributed by atoms with Gasteiger partial charge in [-0.25, -0.2) is 12.8 Å². The average Bonchev–Trinajstić information content (AvgIpc) is 2.86. The van der Waals surface area contributed by atoms with Gasteiger partial charge in [0.1, 0.15) is 30.5 Å². The zero-order valence-corrected chi connectivity index (χ0v) is 21.4. The molecule has 0 radical (unpaired) electrons. The lowest BCUT2D eigenvalue weighted by molar-refractivity contribution is -0.119. The van der Waals surface area contributed by atoms with Crippen molar-refractivity contribution in [3.63, 3.8) is 0 Å². The molecule has 1 amide bonds. The van der Waals surface area contributed by atoms with Crippen LogP contribution >= 0.6 is 0 Å². The fraction of sp³-hybridized carbons (Fsp3) is 0.296. The van der Waals surface area contributed by atoms with Gasteiger partial charge >= 0.3 is 0 Å². The molecule has 9 heteroatoms. The molecule has 0 spiro atoms. The average molecular weight is 515 g/mol. The Morgan fingerprint density at radius 3 is 2.28 bits per heavy atom. The van der Waals surface area contributed by atoms with Crippen molar-refractivity contribution in [3.05, 3.63) is 84.2 Å². The van der Waals surface area contributed by atoms with Gasteiger partial charge in [-0.15, -0.1) is 0 Å². The Morgan fingerprint density at radius 2 is 1.64 bits per heavy atom. The lowest BCUT2D eigenvalue weighted by Crippen LogP contribution is -2.42. The molecule has 0 saturated heterocycles. The Hall–Kier alpha value is -3.59. The number of sulfonamides is 1. The SMILES string of the molecule is CCOc1ccc(S(=O)(=O)N(CC(=O)NCCOc2ccccc2C(C)C)c2ccc(F)cc2)cc1. The van der Waals surface area contributed by atoms with Crippen molar-refractivity contribution in [1.29, 1.82) is 0 Å². The molecule has 3 aromatic rings. The minimum absolute atomic E-state index is 0.0169. The van der Waals surface area contributed by atoms with Crippen molar-refractivity contribution in [2.24, 2.45) is 0 Å². The van der Waals surface area contributed by atoms with E-state index in [1.807, 2.05) is 31.2 Å². The molecule has 7 nitrogen and oxygen atoms in total. The molecule has 3 rings (SSSR count). The van der Waals surface area contributed by atoms with E-state index in [1.54, 1.807) is 12.1 Å². The molecule has 0 heterocycles. The molecule has 0 atom stereocenters. The number of halogens is 1. The first-order chi connectivity index (χ1) is 17.2. The summed E-state index contributed by atoms with van der Waals surface area (Å²) in [5.41, 5.74) is 1.23. The van der Waals surface area contributed by atoms with Crippen molar-refractivity contribution in [1.82, 2.24) is 5.32 Å². The van der Waals surface area contributed by atoms with Crippen LogP contribution in [0.25, 0.3) is 0 Å². The summed E-state index contributed by atoms with van der Waals surface area (Å²) in [4.78, 5) is 12.7. The van der Waals surface area contributed by atoms with Crippen LogP contribution < -0.4 is 19.1 Å². The monoisotopic (exact) mass is 514 g/mol. The van der Waals surface area contributed by atoms with E-state index in [-0.39, 0.29) is 29.7 Å². The van der Waals surface area contributed by atoms with Crippen LogP contribution in [-0.4, -0.2) is 40.6 Å². The normalized spacial score (nSPS) is 11.2. The zero-order chi connectivity index (χ0) is 26.1. The van der Waals surface area contributed by atoms with Crippen LogP contribution in [0.4, 0.5) is 10.1 Å². The standard InChI is InChI=1S/C27H31FN2O5S/c1-4-34-23-13-15-24(16-14-23)36(32,33)30(22-11-9-21(28)10-12-22)19-27(31)29-17-18-35-26-8-6-5-7-25(26)20(2)3/h5-16,20H,4,17-19H2,1-3H3,(H,29,31). The second kappa shape index (κ2) is 12.4. The molecule has 36 heavy (non-hydrogen) atoms. The number of benzene rings is 3. The molecule has 192 valence electrons. The molecule has 0 saturated carbocycles. The molecule has 0 aromatic heterocycles. The molecule has 0 unspecified atom stereocenters. The Kier molecular flexibility index (Phi) is 9.30. The van der Waals surface area contributed by atoms with E-state index in [0.29, 0.717) is 12.4 Å². The largest absolute Gasteiger partial charge is 0.494 e. The van der Waals surface area contributed by atoms with Gasteiger partial charge in [-0.3, -0.25) is 9.10 Å². The number of carbonyl (C=O) groups is 1. The van der Waals surface area contributed by atoms with Crippen molar-refractivity contribution in [2.45, 2.75) is 31.6 Å². The van der Waals surface area contributed by atoms with Crippen molar-refractivity contribution < 1.29 is 27.1 Å². The van der Waals surface area contributed by atoms with E-state index in [2.05, 4.69) is 19.2 Å². The molecule has 0 fully saturated rings. The van der Waals surface area contributed by atoms with Crippen LogP contribution in [-0.2, 0) is 14.8 Å². The highest BCUT2D eigenvalue weighted by Crippen LogP contribution is 2.26. The van der Waals surface area contributed by atoms with E-state index < -0.39 is 28.3 Å². The molecular formula is C27H31FN2O5S. The first-order valence-electron chi connectivity index (χ1n) is 11.7. The maximum Gasteiger partial charge on any atom is 0.264 e. The van der Waals surface area contributed by atoms with Gasteiger partial charge in [0, 0.05) is 0 Å². The summed E-state index contributed by atoms with van der Waals surface area (Å²) in [6.45, 7) is 6.33. The highest BCUT2D eigenvalue weighted by Gasteiger charge is 2.27. The third-order valence-electron chi connectivity index (χ3n) is 5.35. The third-order valence-corrected chi connectivity index (χ3v) is 7.14. The number of carbonyl (C=O) groups excluding carboxylic acids is 1. The lowest BCUT2D eigenvalue weighted by atomic mass is 10.0. The molecular weight excluding hydrogens is 483 g/mol. The molecule has 0 aliphatic heterocycles. The number of amides is 1. The zero-order valence-electron chi connectivity index (χ0n) is 20.6. The quantitative estimate of drug-likeness (QED) is 0.353. The number of hydrogen-bond donors (Lipinski definition) is 1. The number of nitrogens with one attached hydrogen (secondary N) is 1. The number of rotatable bonds is 12. The number of nitrogens with zero attached hydrogens (tertiary/aromatic N) is 1. The van der Waals surface area contributed by atoms with Crippen LogP contribution in [0.15, 0.2) is 77.7 Å². The summed E-state index contributed by atoms with van der Waals surface area (Å²) in [6, 6.07) is 18.5. The van der Waals surface area contributed by atoms with Crippen LogP contribution in [0.1, 0.15) is 32.3 Å². The van der Waals surface area contributed by atoms with Crippen molar-refractivity contribution >= 4 is 21.6 Å². The summed E-state index contributed by atoms with van der Waals surface area (Å²) in [5, 5.41) is 2.70. The fourth-order valence-corrected chi connectivity index (χ4v) is 4.97. The number of ether oxygens (including phenoxy) is 2. The molecule has 0 bridgehead atoms. The van der Waals surface area contributed by atoms with E-state index in [0.717, 1.165) is 27.8 Å². The topological polar surface area (TPSA) is 84.9 Å². The Labute approximate surface area is 211 Å². The predicted molar refractivity (Wildman–Crippen MR) is 138 cm³/mol. The van der Waals surface area contributed by atoms with E-state index in [1.165, 1.54) is 24.3 Å². The van der Waals surface area contributed by atoms with Gasteiger partial charge < -0.3 is 14.8 Å². The van der Waals surface area contributed by atoms with Gasteiger partial charge in [0.25, 0.3) is 10.0 Å². The predicted octanol–water partition coefficient (Wildman–Crippen LogP) is 4.74. The van der Waals surface area contributed by atoms with Crippen molar-refractivity contribution in [3.8, 4) is 11.5 Å². The number of hydrogen-bond acceptors (Lipinski definition) is 5. The summed E-state index contributed by atoms with van der Waals surface area (Å²) in [7, 11) is -4.12. The smallest absolute Gasteiger partial charge is 0.264 e. The highest BCUT2D eigenvalue weighted by molar-refractivity contribution is 7.92. The van der Waals surface area contributed by atoms with Gasteiger partial charge in [0.15, 0.2) is 0 Å². The summed E-state index contributed by atoms with van der Waals surface area (Å²) in [5.74, 6) is 0.525. The van der Waals surface area contributed by atoms with Gasteiger partial charge in [0.05, 0.1) is 23.7 Å². The van der Waals surface area contributed by atoms with E-state index >= 15 is 0 Å². The van der Waals surface area contributed by atoms with Crippen LogP contribution in [0, 0.1) is 5.82 Å². The number of para-hydroxylation sites is 1. The summed E-state index contributed by atoms with van der Waals surface area (Å²) in [6.07, 6.45) is 0. The van der Waals surface area contributed by atoms with Crippen molar-refractivity contribution in [2.75, 3.05) is 30.6 Å². The Balaban J connectivity index is 1.71. The minimum Gasteiger partial charge on any atom is -0.494 e. The Morgan fingerprint density at radius 1 is 0.972 bits per heavy atom. The first-order valence-corrected chi connectivity index (χ1v) is 13.2. The second-order valence-electron chi connectivity index (χ2n) is 8.28. The van der Waals surface area contributed by atoms with Crippen LogP contribution in [0.2, 0.25) is 0 Å². The second-order valence-corrected chi connectivity index (χ2v) is 10.1. The minimum atomic E-state index is -4.12. The third kappa shape index (κ3) is 6.97. The van der Waals surface area contributed by atoms with Gasteiger partial charge in [-0.2, -0.15) is 0 Å². The Bertz CT molecular complexity index is 1250. The fourth-order valence-electron chi connectivity index (χ4n) is 3.55. The first kappa shape index (κ1) is 27.0. The highest BCUT2D eigenvalue weighted by atomic mass is 32.2. The molecule has 0 aliphatic rings. The maximum absolute atomic E-state index is 13.5. The summed E-state index contributed by atoms with van der Waals surface area (Å²) < 4.78 is 52.5. The molecule has 1 N–H and O–H groups in total. The van der Waals surface area contributed by atoms with E-state index in [9.17, 15) is 17.6 Å². The molecule has 0 aliphatic carbocycles. The summed E-state index contributed by atoms with van der Waals surface area (Å²) >= 11 is 0. The van der Waals surface area contributed by atoms with Gasteiger partial charge in [-0.05, 0) is 73.0 Å². The number of anilines is 1. The lowest BCUT2D eigenvalue weighted by Gasteiger charge is -2.24. The van der Waals surface area contributed by atoms with Gasteiger partial charge in [0.2, 0.25) is 5.91 Å². The van der Waals surface area contributed by atoms with E-state index in [4.69, 9.17) is 9.47 Å². The van der Waals surface area contributed by atoms with Crippen LogP contribution in [0.5, 0.6) is 11.5 Å². The maximum atomic E-state index is 13.5. The molecule has 3 aromatic carbocycles.